The lowest BCUT2D eigenvalue weighted by atomic mass is 9.96. The Bertz CT molecular complexity index is 555. The van der Waals surface area contributed by atoms with Crippen molar-refractivity contribution in [3.63, 3.8) is 0 Å². The largest absolute Gasteiger partial charge is 0.493 e. The maximum Gasteiger partial charge on any atom is 0.207 e. The molecule has 0 saturated carbocycles. The standard InChI is InChI=1S/C15H16O3/c1-8(2)14-13(16)11-5-4-10-6-9(3)17-7-12(10)15(11)18-14/h4-6,8,14H,7H2,1-3H3. The molecule has 1 aromatic rings. The first-order valence-corrected chi connectivity index (χ1v) is 6.26. The molecule has 0 radical (unpaired) electrons. The Morgan fingerprint density at radius 2 is 2.11 bits per heavy atom. The quantitative estimate of drug-likeness (QED) is 0.761. The van der Waals surface area contributed by atoms with E-state index in [0.29, 0.717) is 12.2 Å². The van der Waals surface area contributed by atoms with Crippen LogP contribution in [0.15, 0.2) is 17.9 Å². The zero-order valence-corrected chi connectivity index (χ0v) is 10.8. The van der Waals surface area contributed by atoms with E-state index in [-0.39, 0.29) is 17.8 Å². The molecule has 2 aliphatic rings. The molecule has 94 valence electrons. The van der Waals surface area contributed by atoms with Crippen molar-refractivity contribution in [1.82, 2.24) is 0 Å². The molecular weight excluding hydrogens is 228 g/mol. The molecule has 1 atom stereocenters. The number of carbonyl (C=O) groups is 1. The van der Waals surface area contributed by atoms with Gasteiger partial charge in [-0.2, -0.15) is 0 Å². The maximum absolute atomic E-state index is 12.2. The summed E-state index contributed by atoms with van der Waals surface area (Å²) in [6, 6.07) is 3.85. The Morgan fingerprint density at radius 1 is 1.33 bits per heavy atom. The predicted molar refractivity (Wildman–Crippen MR) is 68.5 cm³/mol. The molecule has 0 saturated heterocycles. The number of rotatable bonds is 1. The van der Waals surface area contributed by atoms with Crippen LogP contribution < -0.4 is 4.74 Å². The van der Waals surface area contributed by atoms with Crippen molar-refractivity contribution in [1.29, 1.82) is 0 Å². The lowest BCUT2D eigenvalue weighted by Crippen LogP contribution is -2.26. The number of benzene rings is 1. The first-order valence-electron chi connectivity index (χ1n) is 6.26. The van der Waals surface area contributed by atoms with Crippen LogP contribution in [-0.4, -0.2) is 11.9 Å². The minimum Gasteiger partial charge on any atom is -0.493 e. The van der Waals surface area contributed by atoms with Crippen molar-refractivity contribution in [2.45, 2.75) is 33.5 Å². The fourth-order valence-corrected chi connectivity index (χ4v) is 2.48. The zero-order chi connectivity index (χ0) is 12.9. The number of ketones is 1. The Balaban J connectivity index is 2.10. The summed E-state index contributed by atoms with van der Waals surface area (Å²) in [6.45, 7) is 6.42. The normalized spacial score (nSPS) is 21.0. The number of fused-ring (bicyclic) bond motifs is 3. The monoisotopic (exact) mass is 244 g/mol. The van der Waals surface area contributed by atoms with Gasteiger partial charge in [-0.25, -0.2) is 0 Å². The molecule has 1 aromatic carbocycles. The van der Waals surface area contributed by atoms with Crippen molar-refractivity contribution in [3.05, 3.63) is 34.6 Å². The van der Waals surface area contributed by atoms with Crippen LogP contribution in [0.5, 0.6) is 5.75 Å². The third kappa shape index (κ3) is 1.54. The molecule has 3 nitrogen and oxygen atoms in total. The SMILES string of the molecule is CC1=Cc2ccc3c(c2CO1)OC(C(C)C)C3=O. The summed E-state index contributed by atoms with van der Waals surface area (Å²) in [5, 5.41) is 0. The van der Waals surface area contributed by atoms with Gasteiger partial charge in [0.25, 0.3) is 0 Å². The van der Waals surface area contributed by atoms with Crippen molar-refractivity contribution in [2.75, 3.05) is 0 Å². The second-order valence-electron chi connectivity index (χ2n) is 5.20. The minimum atomic E-state index is -0.349. The fraction of sp³-hybridized carbons (Fsp3) is 0.400. The van der Waals surface area contributed by atoms with Crippen LogP contribution in [0.25, 0.3) is 6.08 Å². The van der Waals surface area contributed by atoms with Crippen molar-refractivity contribution < 1.29 is 14.3 Å². The van der Waals surface area contributed by atoms with Gasteiger partial charge in [0.1, 0.15) is 12.4 Å². The molecular formula is C15H16O3. The maximum atomic E-state index is 12.2. The van der Waals surface area contributed by atoms with Gasteiger partial charge < -0.3 is 9.47 Å². The molecule has 3 heteroatoms. The molecule has 0 fully saturated rings. The summed E-state index contributed by atoms with van der Waals surface area (Å²) in [5.41, 5.74) is 2.79. The minimum absolute atomic E-state index is 0.0917. The highest BCUT2D eigenvalue weighted by Crippen LogP contribution is 2.39. The molecule has 1 unspecified atom stereocenters. The van der Waals surface area contributed by atoms with Gasteiger partial charge >= 0.3 is 0 Å². The van der Waals surface area contributed by atoms with Gasteiger partial charge in [-0.05, 0) is 30.5 Å². The Hall–Kier alpha value is -1.77. The van der Waals surface area contributed by atoms with Crippen molar-refractivity contribution in [2.24, 2.45) is 5.92 Å². The van der Waals surface area contributed by atoms with Crippen LogP contribution in [0.3, 0.4) is 0 Å². The molecule has 0 bridgehead atoms. The molecule has 2 heterocycles. The first kappa shape index (κ1) is 11.3. The highest BCUT2D eigenvalue weighted by Gasteiger charge is 2.37. The van der Waals surface area contributed by atoms with Crippen LogP contribution in [0, 0.1) is 5.92 Å². The molecule has 18 heavy (non-hydrogen) atoms. The van der Waals surface area contributed by atoms with E-state index in [0.717, 1.165) is 22.6 Å². The third-order valence-corrected chi connectivity index (χ3v) is 3.47. The summed E-state index contributed by atoms with van der Waals surface area (Å²) >= 11 is 0. The Morgan fingerprint density at radius 3 is 2.83 bits per heavy atom. The number of Topliss-reactive ketones (excluding diaryl/α,β-unsaturated/α-hetero) is 1. The van der Waals surface area contributed by atoms with Gasteiger partial charge in [-0.3, -0.25) is 4.79 Å². The van der Waals surface area contributed by atoms with Crippen LogP contribution >= 0.6 is 0 Å². The second-order valence-corrected chi connectivity index (χ2v) is 5.20. The van der Waals surface area contributed by atoms with Crippen LogP contribution in [0.4, 0.5) is 0 Å². The van der Waals surface area contributed by atoms with Gasteiger partial charge in [-0.1, -0.05) is 19.9 Å². The first-order chi connectivity index (χ1) is 8.58. The Kier molecular flexibility index (Phi) is 2.44. The van der Waals surface area contributed by atoms with E-state index in [4.69, 9.17) is 9.47 Å². The van der Waals surface area contributed by atoms with E-state index >= 15 is 0 Å². The topological polar surface area (TPSA) is 35.5 Å². The molecule has 0 aromatic heterocycles. The van der Waals surface area contributed by atoms with E-state index in [1.165, 1.54) is 0 Å². The van der Waals surface area contributed by atoms with Crippen molar-refractivity contribution in [3.8, 4) is 5.75 Å². The van der Waals surface area contributed by atoms with Gasteiger partial charge in [0.2, 0.25) is 5.78 Å². The second kappa shape index (κ2) is 3.87. The van der Waals surface area contributed by atoms with E-state index < -0.39 is 0 Å². The van der Waals surface area contributed by atoms with Gasteiger partial charge in [0.05, 0.1) is 11.3 Å². The molecule has 0 amide bonds. The summed E-state index contributed by atoms with van der Waals surface area (Å²) in [6.07, 6.45) is 1.63. The van der Waals surface area contributed by atoms with Crippen LogP contribution in [-0.2, 0) is 11.3 Å². The summed E-state index contributed by atoms with van der Waals surface area (Å²) in [5.74, 6) is 1.89. The average Bonchev–Trinajstić information content (AvgIpc) is 2.67. The van der Waals surface area contributed by atoms with Crippen molar-refractivity contribution >= 4 is 11.9 Å². The molecule has 0 spiro atoms. The third-order valence-electron chi connectivity index (χ3n) is 3.47. The molecule has 2 aliphatic heterocycles. The lowest BCUT2D eigenvalue weighted by Gasteiger charge is -2.19. The van der Waals surface area contributed by atoms with E-state index in [1.54, 1.807) is 0 Å². The molecule has 0 N–H and O–H groups in total. The highest BCUT2D eigenvalue weighted by molar-refractivity contribution is 6.05. The predicted octanol–water partition coefficient (Wildman–Crippen LogP) is 3.18. The van der Waals surface area contributed by atoms with E-state index in [1.807, 2.05) is 39.0 Å². The van der Waals surface area contributed by atoms with Gasteiger partial charge in [-0.15, -0.1) is 0 Å². The van der Waals surface area contributed by atoms with E-state index in [2.05, 4.69) is 0 Å². The van der Waals surface area contributed by atoms with Crippen LogP contribution in [0.1, 0.15) is 42.3 Å². The lowest BCUT2D eigenvalue weighted by molar-refractivity contribution is 0.0786. The van der Waals surface area contributed by atoms with Crippen LogP contribution in [0.2, 0.25) is 0 Å². The fourth-order valence-electron chi connectivity index (χ4n) is 2.48. The number of allylic oxidation sites excluding steroid dienone is 1. The molecule has 3 rings (SSSR count). The summed E-state index contributed by atoms with van der Waals surface area (Å²) < 4.78 is 11.4. The number of ether oxygens (including phenoxy) is 2. The smallest absolute Gasteiger partial charge is 0.207 e. The number of carbonyl (C=O) groups excluding carboxylic acids is 1. The highest BCUT2D eigenvalue weighted by atomic mass is 16.5. The van der Waals surface area contributed by atoms with E-state index in [9.17, 15) is 4.79 Å². The summed E-state index contributed by atoms with van der Waals surface area (Å²) in [4.78, 5) is 12.2. The zero-order valence-electron chi connectivity index (χ0n) is 10.8. The van der Waals surface area contributed by atoms with Gasteiger partial charge in [0.15, 0.2) is 6.10 Å². The average molecular weight is 244 g/mol. The van der Waals surface area contributed by atoms with Gasteiger partial charge in [0, 0.05) is 5.56 Å². The Labute approximate surface area is 106 Å². The number of hydrogen-bond donors (Lipinski definition) is 0. The number of hydrogen-bond acceptors (Lipinski definition) is 3. The molecule has 0 aliphatic carbocycles. The summed E-state index contributed by atoms with van der Waals surface area (Å²) in [7, 11) is 0.